The van der Waals surface area contributed by atoms with Crippen molar-refractivity contribution in [2.75, 3.05) is 0 Å². The molecular weight excluding hydrogens is 515 g/mol. The smallest absolute Gasteiger partial charge is 0.264 e. The number of pyridine rings is 1. The summed E-state index contributed by atoms with van der Waals surface area (Å²) in [6.45, 7) is 0. The summed E-state index contributed by atoms with van der Waals surface area (Å²) >= 11 is 3.47. The number of benzene rings is 6. The van der Waals surface area contributed by atoms with Gasteiger partial charge >= 0.3 is 0 Å². The molecule has 8 aromatic rings. The van der Waals surface area contributed by atoms with Crippen LogP contribution in [0, 0.1) is 0 Å². The van der Waals surface area contributed by atoms with E-state index in [1.807, 2.05) is 22.8 Å². The van der Waals surface area contributed by atoms with Crippen molar-refractivity contribution >= 4 is 77.1 Å². The number of rotatable bonds is 1. The predicted molar refractivity (Wildman–Crippen MR) is 167 cm³/mol. The fraction of sp³-hybridized carbons (Fsp3) is 0. The fourth-order valence-electron chi connectivity index (χ4n) is 6.29. The summed E-state index contributed by atoms with van der Waals surface area (Å²) in [7, 11) is 0. The second-order valence-electron chi connectivity index (χ2n) is 10.1. The Morgan fingerprint density at radius 2 is 1.05 bits per heavy atom. The van der Waals surface area contributed by atoms with Crippen LogP contribution >= 0.6 is 23.1 Å². The molecule has 0 aliphatic carbocycles. The molecule has 1 aliphatic rings. The number of thiophene rings is 1. The zero-order valence-electron chi connectivity index (χ0n) is 20.6. The molecule has 1 aliphatic heterocycles. The van der Waals surface area contributed by atoms with Crippen LogP contribution in [-0.2, 0) is 0 Å². The summed E-state index contributed by atoms with van der Waals surface area (Å²) in [5, 5.41) is 11.6. The number of hydrogen-bond donors (Lipinski definition) is 0. The molecule has 0 N–H and O–H groups in total. The number of aromatic nitrogens is 1. The normalized spacial score (nSPS) is 12.6. The largest absolute Gasteiger partial charge is 0.268 e. The summed E-state index contributed by atoms with van der Waals surface area (Å²) < 4.78 is 1.96. The Bertz CT molecular complexity index is 2360. The summed E-state index contributed by atoms with van der Waals surface area (Å²) in [6, 6.07) is 40.8. The Labute approximate surface area is 231 Å². The van der Waals surface area contributed by atoms with Crippen LogP contribution in [0.2, 0.25) is 0 Å². The number of nitrogens with zero attached hydrogens (tertiary/aromatic N) is 1. The molecule has 2 nitrogen and oxygen atoms in total. The van der Waals surface area contributed by atoms with Crippen molar-refractivity contribution in [3.8, 4) is 15.4 Å². The third kappa shape index (κ3) is 2.90. The van der Waals surface area contributed by atoms with E-state index >= 15 is 0 Å². The standard InChI is InChI=1S/C35H19NOS2/c37-34-28-13-6-5-12-25(28)27-14-7-15-30-33(27)36(34)35-32(38-30)19-31(39-35)20-16-17-26-23-10-2-1-8-21(23)22-9-3-4-11-24(22)29(26)18-20/h1-19H. The third-order valence-electron chi connectivity index (χ3n) is 8.00. The van der Waals surface area contributed by atoms with Gasteiger partial charge in [0.15, 0.2) is 0 Å². The van der Waals surface area contributed by atoms with E-state index in [-0.39, 0.29) is 5.56 Å². The van der Waals surface area contributed by atoms with Gasteiger partial charge in [0.05, 0.1) is 5.52 Å². The second kappa shape index (κ2) is 7.82. The Kier molecular flexibility index (Phi) is 4.32. The summed E-state index contributed by atoms with van der Waals surface area (Å²) in [4.78, 5) is 17.3. The van der Waals surface area contributed by atoms with Crippen molar-refractivity contribution in [3.63, 3.8) is 0 Å². The molecule has 0 saturated carbocycles. The molecule has 0 saturated heterocycles. The van der Waals surface area contributed by atoms with E-state index in [9.17, 15) is 4.79 Å². The highest BCUT2D eigenvalue weighted by molar-refractivity contribution is 8.00. The topological polar surface area (TPSA) is 22.0 Å². The van der Waals surface area contributed by atoms with E-state index in [4.69, 9.17) is 0 Å². The molecule has 0 amide bonds. The summed E-state index contributed by atoms with van der Waals surface area (Å²) in [5.41, 5.74) is 2.25. The van der Waals surface area contributed by atoms with Crippen LogP contribution in [-0.4, -0.2) is 4.57 Å². The van der Waals surface area contributed by atoms with Crippen LogP contribution in [0.25, 0.3) is 69.4 Å². The van der Waals surface area contributed by atoms with Gasteiger partial charge in [-0.15, -0.1) is 11.3 Å². The molecular formula is C35H19NOS2. The molecule has 182 valence electrons. The minimum Gasteiger partial charge on any atom is -0.268 e. The van der Waals surface area contributed by atoms with Crippen LogP contribution in [0.1, 0.15) is 0 Å². The minimum atomic E-state index is 0.0523. The Morgan fingerprint density at radius 3 is 1.74 bits per heavy atom. The fourth-order valence-corrected chi connectivity index (χ4v) is 8.70. The summed E-state index contributed by atoms with van der Waals surface area (Å²) in [5.74, 6) is 0. The van der Waals surface area contributed by atoms with Gasteiger partial charge in [-0.2, -0.15) is 0 Å². The van der Waals surface area contributed by atoms with Crippen molar-refractivity contribution in [3.05, 3.63) is 126 Å². The molecule has 2 aromatic heterocycles. The van der Waals surface area contributed by atoms with Gasteiger partial charge in [0.2, 0.25) is 0 Å². The maximum absolute atomic E-state index is 13.9. The van der Waals surface area contributed by atoms with Gasteiger partial charge in [-0.05, 0) is 67.5 Å². The molecule has 0 unspecified atom stereocenters. The number of para-hydroxylation sites is 1. The van der Waals surface area contributed by atoms with Gasteiger partial charge in [-0.1, -0.05) is 103 Å². The van der Waals surface area contributed by atoms with Gasteiger partial charge in [0.25, 0.3) is 5.56 Å². The van der Waals surface area contributed by atoms with Crippen molar-refractivity contribution in [1.82, 2.24) is 4.57 Å². The van der Waals surface area contributed by atoms with Gasteiger partial charge in [-0.25, -0.2) is 0 Å². The molecule has 0 radical (unpaired) electrons. The highest BCUT2D eigenvalue weighted by Gasteiger charge is 2.25. The van der Waals surface area contributed by atoms with Crippen molar-refractivity contribution < 1.29 is 0 Å². The lowest BCUT2D eigenvalue weighted by molar-refractivity contribution is 1.03. The summed E-state index contributed by atoms with van der Waals surface area (Å²) in [6.07, 6.45) is 0. The average molecular weight is 534 g/mol. The highest BCUT2D eigenvalue weighted by atomic mass is 32.2. The van der Waals surface area contributed by atoms with E-state index in [2.05, 4.69) is 97.1 Å². The van der Waals surface area contributed by atoms with E-state index in [0.29, 0.717) is 0 Å². The lowest BCUT2D eigenvalue weighted by atomic mass is 9.93. The molecule has 0 fully saturated rings. The van der Waals surface area contributed by atoms with Gasteiger partial charge in [0.1, 0.15) is 5.00 Å². The van der Waals surface area contributed by atoms with E-state index in [1.165, 1.54) is 42.8 Å². The zero-order chi connectivity index (χ0) is 25.7. The monoisotopic (exact) mass is 533 g/mol. The lowest BCUT2D eigenvalue weighted by Crippen LogP contribution is -2.20. The van der Waals surface area contributed by atoms with Gasteiger partial charge in [0, 0.05) is 25.4 Å². The van der Waals surface area contributed by atoms with Crippen molar-refractivity contribution in [2.45, 2.75) is 9.79 Å². The SMILES string of the molecule is O=c1c2ccccc2c2cccc3c2n1-c1sc(-c2ccc4c5ccccc5c5ccccc5c4c2)cc1S3. The highest BCUT2D eigenvalue weighted by Crippen LogP contribution is 2.49. The molecule has 0 atom stereocenters. The Hall–Kier alpha value is -4.38. The average Bonchev–Trinajstić information content (AvgIpc) is 3.43. The van der Waals surface area contributed by atoms with Crippen LogP contribution in [0.5, 0.6) is 0 Å². The first kappa shape index (κ1) is 21.5. The van der Waals surface area contributed by atoms with Crippen LogP contribution in [0.3, 0.4) is 0 Å². The first-order chi connectivity index (χ1) is 19.3. The maximum atomic E-state index is 13.9. The zero-order valence-corrected chi connectivity index (χ0v) is 22.3. The molecule has 0 bridgehead atoms. The predicted octanol–water partition coefficient (Wildman–Crippen LogP) is 9.80. The molecule has 9 rings (SSSR count). The third-order valence-corrected chi connectivity index (χ3v) is 10.4. The van der Waals surface area contributed by atoms with Gasteiger partial charge in [-0.3, -0.25) is 9.36 Å². The molecule has 39 heavy (non-hydrogen) atoms. The maximum Gasteiger partial charge on any atom is 0.264 e. The van der Waals surface area contributed by atoms with Crippen molar-refractivity contribution in [2.24, 2.45) is 0 Å². The first-order valence-corrected chi connectivity index (χ1v) is 14.6. The number of fused-ring (bicyclic) bond motifs is 10. The van der Waals surface area contributed by atoms with Crippen LogP contribution < -0.4 is 5.56 Å². The molecule has 3 heterocycles. The van der Waals surface area contributed by atoms with E-state index in [0.717, 1.165) is 36.5 Å². The van der Waals surface area contributed by atoms with Crippen LogP contribution in [0.15, 0.2) is 130 Å². The Balaban J connectivity index is 1.32. The molecule has 0 spiro atoms. The van der Waals surface area contributed by atoms with Crippen LogP contribution in [0.4, 0.5) is 0 Å². The first-order valence-electron chi connectivity index (χ1n) is 13.0. The van der Waals surface area contributed by atoms with E-state index < -0.39 is 0 Å². The molecule has 4 heteroatoms. The molecule has 6 aromatic carbocycles. The number of hydrogen-bond acceptors (Lipinski definition) is 3. The lowest BCUT2D eigenvalue weighted by Gasteiger charge is -2.20. The quantitative estimate of drug-likeness (QED) is 0.196. The van der Waals surface area contributed by atoms with E-state index in [1.54, 1.807) is 23.1 Å². The van der Waals surface area contributed by atoms with Gasteiger partial charge < -0.3 is 0 Å². The Morgan fingerprint density at radius 1 is 0.487 bits per heavy atom. The second-order valence-corrected chi connectivity index (χ2v) is 12.2. The minimum absolute atomic E-state index is 0.0523. The van der Waals surface area contributed by atoms with Crippen molar-refractivity contribution in [1.29, 1.82) is 0 Å².